The minimum absolute atomic E-state index is 0.0898. The van der Waals surface area contributed by atoms with E-state index in [1.54, 1.807) is 0 Å². The summed E-state index contributed by atoms with van der Waals surface area (Å²) in [5.41, 5.74) is 3.34. The molecule has 19 heavy (non-hydrogen) atoms. The van der Waals surface area contributed by atoms with E-state index in [4.69, 9.17) is 0 Å². The number of hydrogen-bond donors (Lipinski definition) is 1. The Labute approximate surface area is 117 Å². The lowest BCUT2D eigenvalue weighted by Gasteiger charge is -2.08. The molecule has 2 aromatic rings. The van der Waals surface area contributed by atoms with Gasteiger partial charge in [-0.05, 0) is 17.9 Å². The van der Waals surface area contributed by atoms with Crippen LogP contribution in [0.1, 0.15) is 38.7 Å². The molecule has 1 aromatic heterocycles. The highest BCUT2D eigenvalue weighted by atomic mass is 32.1. The molecule has 0 saturated carbocycles. The lowest BCUT2D eigenvalue weighted by atomic mass is 9.97. The van der Waals surface area contributed by atoms with Crippen molar-refractivity contribution in [3.05, 3.63) is 35.2 Å². The second-order valence-corrected chi connectivity index (χ2v) is 5.51. The molecule has 0 fully saturated rings. The van der Waals surface area contributed by atoms with E-state index in [1.807, 2.05) is 5.38 Å². The van der Waals surface area contributed by atoms with Gasteiger partial charge in [-0.3, -0.25) is 4.79 Å². The van der Waals surface area contributed by atoms with Crippen LogP contribution in [-0.4, -0.2) is 10.9 Å². The molecule has 0 aliphatic carbocycles. The van der Waals surface area contributed by atoms with Gasteiger partial charge in [0.25, 0.3) is 0 Å². The second-order valence-electron chi connectivity index (χ2n) is 4.65. The van der Waals surface area contributed by atoms with Gasteiger partial charge in [-0.1, -0.05) is 38.1 Å². The van der Waals surface area contributed by atoms with Crippen molar-refractivity contribution in [1.29, 1.82) is 0 Å². The van der Waals surface area contributed by atoms with Gasteiger partial charge in [0.15, 0.2) is 5.13 Å². The molecule has 4 heteroatoms. The summed E-state index contributed by atoms with van der Waals surface area (Å²) < 4.78 is 0. The summed E-state index contributed by atoms with van der Waals surface area (Å²) in [7, 11) is 0. The number of benzene rings is 1. The molecule has 0 radical (unpaired) electrons. The average molecular weight is 274 g/mol. The molecule has 0 bridgehead atoms. The zero-order valence-corrected chi connectivity index (χ0v) is 12.3. The summed E-state index contributed by atoms with van der Waals surface area (Å²) >= 11 is 1.44. The number of aromatic nitrogens is 1. The molecule has 0 aliphatic rings. The van der Waals surface area contributed by atoms with E-state index < -0.39 is 0 Å². The Morgan fingerprint density at radius 2 is 2.05 bits per heavy atom. The van der Waals surface area contributed by atoms with Crippen LogP contribution in [-0.2, 0) is 4.79 Å². The minimum Gasteiger partial charge on any atom is -0.302 e. The van der Waals surface area contributed by atoms with E-state index in [2.05, 4.69) is 48.4 Å². The van der Waals surface area contributed by atoms with Gasteiger partial charge >= 0.3 is 0 Å². The highest BCUT2D eigenvalue weighted by molar-refractivity contribution is 7.14. The Morgan fingerprint density at radius 3 is 2.63 bits per heavy atom. The van der Waals surface area contributed by atoms with Gasteiger partial charge < -0.3 is 5.32 Å². The number of anilines is 1. The third kappa shape index (κ3) is 3.41. The molecule has 0 aliphatic heterocycles. The van der Waals surface area contributed by atoms with Gasteiger partial charge in [0.1, 0.15) is 0 Å². The number of carbonyl (C=O) groups is 1. The van der Waals surface area contributed by atoms with E-state index in [0.717, 1.165) is 17.7 Å². The number of thiazole rings is 1. The van der Waals surface area contributed by atoms with Crippen molar-refractivity contribution in [2.45, 2.75) is 33.1 Å². The third-order valence-corrected chi connectivity index (χ3v) is 3.93. The summed E-state index contributed by atoms with van der Waals surface area (Å²) in [5.74, 6) is 0.493. The van der Waals surface area contributed by atoms with E-state index >= 15 is 0 Å². The topological polar surface area (TPSA) is 42.0 Å². The van der Waals surface area contributed by atoms with E-state index in [0.29, 0.717) is 11.0 Å². The first kappa shape index (κ1) is 13.7. The molecule has 2 rings (SSSR count). The van der Waals surface area contributed by atoms with Crippen LogP contribution in [0.25, 0.3) is 11.3 Å². The van der Waals surface area contributed by atoms with Crippen molar-refractivity contribution < 1.29 is 4.79 Å². The van der Waals surface area contributed by atoms with Crippen LogP contribution in [0.4, 0.5) is 5.13 Å². The lowest BCUT2D eigenvalue weighted by Crippen LogP contribution is -2.04. The Hall–Kier alpha value is -1.68. The zero-order chi connectivity index (χ0) is 13.8. The minimum atomic E-state index is -0.0898. The monoisotopic (exact) mass is 274 g/mol. The summed E-state index contributed by atoms with van der Waals surface area (Å²) in [6, 6.07) is 8.49. The van der Waals surface area contributed by atoms with Crippen LogP contribution in [0, 0.1) is 0 Å². The molecule has 1 amide bonds. The standard InChI is InChI=1S/C15H18N2OS/c1-4-10(2)12-5-7-13(8-6-12)14-9-19-15(17-14)16-11(3)18/h5-10H,4H2,1-3H3,(H,16,17,18). The quantitative estimate of drug-likeness (QED) is 0.904. The van der Waals surface area contributed by atoms with Crippen molar-refractivity contribution in [2.24, 2.45) is 0 Å². The predicted octanol–water partition coefficient (Wildman–Crippen LogP) is 4.28. The first-order valence-corrected chi connectivity index (χ1v) is 7.31. The Bertz CT molecular complexity index is 560. The van der Waals surface area contributed by atoms with Crippen molar-refractivity contribution in [2.75, 3.05) is 5.32 Å². The fraction of sp³-hybridized carbons (Fsp3) is 0.333. The number of nitrogens with zero attached hydrogens (tertiary/aromatic N) is 1. The summed E-state index contributed by atoms with van der Waals surface area (Å²) in [5, 5.41) is 5.31. The third-order valence-electron chi connectivity index (χ3n) is 3.18. The molecule has 1 atom stereocenters. The van der Waals surface area contributed by atoms with Crippen LogP contribution in [0.5, 0.6) is 0 Å². The zero-order valence-electron chi connectivity index (χ0n) is 11.4. The fourth-order valence-corrected chi connectivity index (χ4v) is 2.60. The van der Waals surface area contributed by atoms with E-state index in [9.17, 15) is 4.79 Å². The maximum Gasteiger partial charge on any atom is 0.223 e. The van der Waals surface area contributed by atoms with E-state index in [-0.39, 0.29) is 5.91 Å². The summed E-state index contributed by atoms with van der Waals surface area (Å²) in [6.07, 6.45) is 1.14. The SMILES string of the molecule is CCC(C)c1ccc(-c2csc(NC(C)=O)n2)cc1. The Kier molecular flexibility index (Phi) is 4.32. The first-order chi connectivity index (χ1) is 9.10. The van der Waals surface area contributed by atoms with E-state index in [1.165, 1.54) is 23.8 Å². The number of rotatable bonds is 4. The summed E-state index contributed by atoms with van der Waals surface area (Å²) in [6.45, 7) is 5.91. The molecule has 3 nitrogen and oxygen atoms in total. The van der Waals surface area contributed by atoms with Crippen LogP contribution in [0.3, 0.4) is 0 Å². The van der Waals surface area contributed by atoms with Gasteiger partial charge in [0.05, 0.1) is 5.69 Å². The van der Waals surface area contributed by atoms with Crippen LogP contribution >= 0.6 is 11.3 Å². The average Bonchev–Trinajstić information content (AvgIpc) is 2.85. The van der Waals surface area contributed by atoms with Crippen LogP contribution < -0.4 is 5.32 Å². The normalized spacial score (nSPS) is 12.2. The van der Waals surface area contributed by atoms with Crippen LogP contribution in [0.2, 0.25) is 0 Å². The Morgan fingerprint density at radius 1 is 1.37 bits per heavy atom. The van der Waals surface area contributed by atoms with Gasteiger partial charge in [0, 0.05) is 17.9 Å². The van der Waals surface area contributed by atoms with Crippen LogP contribution in [0.15, 0.2) is 29.6 Å². The number of carbonyl (C=O) groups excluding carboxylic acids is 1. The van der Waals surface area contributed by atoms with Crippen molar-refractivity contribution in [1.82, 2.24) is 4.98 Å². The molecule has 100 valence electrons. The largest absolute Gasteiger partial charge is 0.302 e. The number of hydrogen-bond acceptors (Lipinski definition) is 3. The van der Waals surface area contributed by atoms with Gasteiger partial charge in [-0.15, -0.1) is 11.3 Å². The van der Waals surface area contributed by atoms with Gasteiger partial charge in [-0.2, -0.15) is 0 Å². The van der Waals surface area contributed by atoms with Crippen molar-refractivity contribution in [3.63, 3.8) is 0 Å². The predicted molar refractivity (Wildman–Crippen MR) is 80.6 cm³/mol. The highest BCUT2D eigenvalue weighted by Gasteiger charge is 2.07. The molecule has 1 heterocycles. The molecule has 1 N–H and O–H groups in total. The maximum atomic E-state index is 11.0. The first-order valence-electron chi connectivity index (χ1n) is 6.43. The number of amides is 1. The van der Waals surface area contributed by atoms with Gasteiger partial charge in [-0.25, -0.2) is 4.98 Å². The number of nitrogens with one attached hydrogen (secondary N) is 1. The smallest absolute Gasteiger partial charge is 0.223 e. The summed E-state index contributed by atoms with van der Waals surface area (Å²) in [4.78, 5) is 15.4. The molecule has 1 aromatic carbocycles. The highest BCUT2D eigenvalue weighted by Crippen LogP contribution is 2.27. The molecular weight excluding hydrogens is 256 g/mol. The molecule has 0 saturated heterocycles. The molecule has 1 unspecified atom stereocenters. The second kappa shape index (κ2) is 5.97. The fourth-order valence-electron chi connectivity index (χ4n) is 1.83. The maximum absolute atomic E-state index is 11.0. The van der Waals surface area contributed by atoms with Crippen molar-refractivity contribution in [3.8, 4) is 11.3 Å². The van der Waals surface area contributed by atoms with Crippen molar-refractivity contribution >= 4 is 22.4 Å². The molecular formula is C15H18N2OS. The lowest BCUT2D eigenvalue weighted by molar-refractivity contribution is -0.114. The van der Waals surface area contributed by atoms with Gasteiger partial charge in [0.2, 0.25) is 5.91 Å². The Balaban J connectivity index is 2.18. The molecule has 0 spiro atoms.